The molecule has 0 bridgehead atoms. The molecular formula is C28H33NO6. The van der Waals surface area contributed by atoms with E-state index in [1.165, 1.54) is 0 Å². The Balaban J connectivity index is 1.65. The van der Waals surface area contributed by atoms with E-state index in [1.54, 1.807) is 14.2 Å². The average Bonchev–Trinajstić information content (AvgIpc) is 2.86. The number of amides is 1. The molecule has 7 heteroatoms. The van der Waals surface area contributed by atoms with Crippen molar-refractivity contribution in [1.82, 2.24) is 5.32 Å². The van der Waals surface area contributed by atoms with Crippen LogP contribution in [0.4, 0.5) is 0 Å². The molecule has 1 amide bonds. The molecule has 4 rings (SSSR count). The van der Waals surface area contributed by atoms with Crippen LogP contribution >= 0.6 is 0 Å². The molecule has 1 heterocycles. The third-order valence-corrected chi connectivity index (χ3v) is 6.55. The second-order valence-electron chi connectivity index (χ2n) is 8.83. The Morgan fingerprint density at radius 2 is 1.49 bits per heavy atom. The van der Waals surface area contributed by atoms with Crippen molar-refractivity contribution in [3.8, 4) is 23.0 Å². The molecule has 2 aromatic rings. The number of benzene rings is 2. The van der Waals surface area contributed by atoms with Gasteiger partial charge < -0.3 is 24.3 Å². The van der Waals surface area contributed by atoms with Crippen LogP contribution in [0.2, 0.25) is 0 Å². The van der Waals surface area contributed by atoms with Gasteiger partial charge in [0.05, 0.1) is 27.4 Å². The second-order valence-corrected chi connectivity index (χ2v) is 8.83. The fraction of sp³-hybridized carbons (Fsp3) is 0.429. The summed E-state index contributed by atoms with van der Waals surface area (Å²) in [6, 6.07) is 11.4. The Morgan fingerprint density at radius 3 is 2.14 bits per heavy atom. The highest BCUT2D eigenvalue weighted by Gasteiger charge is 2.38. The van der Waals surface area contributed by atoms with Crippen LogP contribution in [0.25, 0.3) is 0 Å². The third-order valence-electron chi connectivity index (χ3n) is 6.55. The van der Waals surface area contributed by atoms with Gasteiger partial charge in [-0.2, -0.15) is 0 Å². The van der Waals surface area contributed by atoms with E-state index >= 15 is 0 Å². The lowest BCUT2D eigenvalue weighted by atomic mass is 9.73. The normalized spacial score (nSPS) is 19.7. The van der Waals surface area contributed by atoms with E-state index in [4.69, 9.17) is 18.9 Å². The molecule has 2 unspecified atom stereocenters. The van der Waals surface area contributed by atoms with Crippen molar-refractivity contribution in [2.45, 2.75) is 51.4 Å². The summed E-state index contributed by atoms with van der Waals surface area (Å²) in [7, 11) is 3.20. The number of allylic oxidation sites excluding steroid dienone is 2. The molecule has 2 atom stereocenters. The first-order chi connectivity index (χ1) is 17.0. The van der Waals surface area contributed by atoms with Crippen molar-refractivity contribution in [3.63, 3.8) is 0 Å². The standard InChI is InChI=1S/C28H33NO6/c1-5-11-35-24-10-8-18(15-26(24)33-4)20-16-27(31)29-21-12-19(13-22(30)28(20)21)17-7-9-23(34-6-2)25(14-17)32-3/h7-10,14-15,19-20H,5-6,11-13,16H2,1-4H3,(H,29,31). The summed E-state index contributed by atoms with van der Waals surface area (Å²) in [6.45, 7) is 5.09. The Labute approximate surface area is 206 Å². The van der Waals surface area contributed by atoms with E-state index in [-0.39, 0.29) is 29.9 Å². The van der Waals surface area contributed by atoms with Gasteiger partial charge in [0.15, 0.2) is 28.8 Å². The molecule has 186 valence electrons. The molecule has 0 radical (unpaired) electrons. The van der Waals surface area contributed by atoms with Gasteiger partial charge >= 0.3 is 0 Å². The summed E-state index contributed by atoms with van der Waals surface area (Å²) in [5.41, 5.74) is 3.27. The first-order valence-electron chi connectivity index (χ1n) is 12.2. The van der Waals surface area contributed by atoms with Crippen molar-refractivity contribution in [3.05, 3.63) is 58.8 Å². The van der Waals surface area contributed by atoms with E-state index in [2.05, 4.69) is 5.32 Å². The smallest absolute Gasteiger partial charge is 0.225 e. The molecule has 0 aromatic heterocycles. The monoisotopic (exact) mass is 479 g/mol. The lowest BCUT2D eigenvalue weighted by Crippen LogP contribution is -2.38. The van der Waals surface area contributed by atoms with Gasteiger partial charge in [-0.15, -0.1) is 0 Å². The Kier molecular flexibility index (Phi) is 7.63. The fourth-order valence-corrected chi connectivity index (χ4v) is 4.93. The molecule has 0 fully saturated rings. The van der Waals surface area contributed by atoms with Gasteiger partial charge in [0, 0.05) is 30.0 Å². The van der Waals surface area contributed by atoms with Gasteiger partial charge in [0.1, 0.15) is 0 Å². The summed E-state index contributed by atoms with van der Waals surface area (Å²) in [4.78, 5) is 26.2. The zero-order valence-electron chi connectivity index (χ0n) is 20.8. The highest BCUT2D eigenvalue weighted by atomic mass is 16.5. The molecule has 1 N–H and O–H groups in total. The summed E-state index contributed by atoms with van der Waals surface area (Å²) < 4.78 is 22.4. The number of methoxy groups -OCH3 is 2. The van der Waals surface area contributed by atoms with Crippen LogP contribution in [-0.4, -0.2) is 39.1 Å². The first-order valence-corrected chi connectivity index (χ1v) is 12.2. The topological polar surface area (TPSA) is 83.1 Å². The molecule has 7 nitrogen and oxygen atoms in total. The van der Waals surface area contributed by atoms with Gasteiger partial charge in [-0.3, -0.25) is 9.59 Å². The number of rotatable bonds is 9. The molecule has 0 saturated carbocycles. The Morgan fingerprint density at radius 1 is 0.829 bits per heavy atom. The number of Topliss-reactive ketones (excluding diaryl/α,β-unsaturated/α-hetero) is 1. The highest BCUT2D eigenvalue weighted by Crippen LogP contribution is 2.45. The predicted molar refractivity (Wildman–Crippen MR) is 132 cm³/mol. The van der Waals surface area contributed by atoms with Crippen LogP contribution < -0.4 is 24.3 Å². The SMILES string of the molecule is CCCOc1ccc(C2CC(=O)NC3=C2C(=O)CC(c2ccc(OCC)c(OC)c2)C3)cc1OC. The Bertz CT molecular complexity index is 1140. The minimum Gasteiger partial charge on any atom is -0.493 e. The molecule has 35 heavy (non-hydrogen) atoms. The van der Waals surface area contributed by atoms with Crippen LogP contribution in [0, 0.1) is 0 Å². The Hall–Kier alpha value is -3.48. The maximum Gasteiger partial charge on any atom is 0.225 e. The van der Waals surface area contributed by atoms with Gasteiger partial charge in [-0.05, 0) is 61.1 Å². The molecule has 0 saturated heterocycles. The summed E-state index contributed by atoms with van der Waals surface area (Å²) in [5.74, 6) is 2.18. The van der Waals surface area contributed by atoms with Gasteiger partial charge in [-0.1, -0.05) is 19.1 Å². The molecule has 1 aliphatic carbocycles. The molecule has 0 spiro atoms. The first kappa shape index (κ1) is 24.6. The van der Waals surface area contributed by atoms with E-state index in [0.717, 1.165) is 17.5 Å². The molecule has 2 aromatic carbocycles. The zero-order chi connectivity index (χ0) is 24.9. The summed E-state index contributed by atoms with van der Waals surface area (Å²) in [6.07, 6.45) is 2.07. The van der Waals surface area contributed by atoms with Crippen molar-refractivity contribution in [1.29, 1.82) is 0 Å². The van der Waals surface area contributed by atoms with Gasteiger partial charge in [0.2, 0.25) is 5.91 Å². The van der Waals surface area contributed by atoms with E-state index in [9.17, 15) is 9.59 Å². The largest absolute Gasteiger partial charge is 0.493 e. The van der Waals surface area contributed by atoms with Crippen LogP contribution in [0.15, 0.2) is 47.7 Å². The molecule has 1 aliphatic heterocycles. The highest BCUT2D eigenvalue weighted by molar-refractivity contribution is 6.02. The van der Waals surface area contributed by atoms with Gasteiger partial charge in [-0.25, -0.2) is 0 Å². The minimum absolute atomic E-state index is 0.0516. The summed E-state index contributed by atoms with van der Waals surface area (Å²) >= 11 is 0. The summed E-state index contributed by atoms with van der Waals surface area (Å²) in [5, 5.41) is 2.98. The molecule has 2 aliphatic rings. The maximum atomic E-state index is 13.5. The van der Waals surface area contributed by atoms with Crippen molar-refractivity contribution in [2.24, 2.45) is 0 Å². The lowest BCUT2D eigenvalue weighted by Gasteiger charge is -2.34. The number of nitrogens with one attached hydrogen (secondary N) is 1. The number of hydrogen-bond acceptors (Lipinski definition) is 6. The van der Waals surface area contributed by atoms with Crippen molar-refractivity contribution in [2.75, 3.05) is 27.4 Å². The number of ether oxygens (including phenoxy) is 4. The van der Waals surface area contributed by atoms with Crippen molar-refractivity contribution < 1.29 is 28.5 Å². The van der Waals surface area contributed by atoms with Crippen LogP contribution in [0.3, 0.4) is 0 Å². The van der Waals surface area contributed by atoms with Crippen LogP contribution in [-0.2, 0) is 9.59 Å². The van der Waals surface area contributed by atoms with E-state index < -0.39 is 0 Å². The number of carbonyl (C=O) groups is 2. The number of hydrogen-bond donors (Lipinski definition) is 1. The molecular weight excluding hydrogens is 446 g/mol. The quantitative estimate of drug-likeness (QED) is 0.551. The van der Waals surface area contributed by atoms with Crippen LogP contribution in [0.1, 0.15) is 62.5 Å². The number of carbonyl (C=O) groups excluding carboxylic acids is 2. The lowest BCUT2D eigenvalue weighted by molar-refractivity contribution is -0.122. The second kappa shape index (κ2) is 10.8. The van der Waals surface area contributed by atoms with Gasteiger partial charge in [0.25, 0.3) is 0 Å². The minimum atomic E-state index is -0.309. The van der Waals surface area contributed by atoms with Crippen LogP contribution in [0.5, 0.6) is 23.0 Å². The fourth-order valence-electron chi connectivity index (χ4n) is 4.93. The van der Waals surface area contributed by atoms with Crippen molar-refractivity contribution >= 4 is 11.7 Å². The maximum absolute atomic E-state index is 13.5. The number of ketones is 1. The average molecular weight is 480 g/mol. The van der Waals surface area contributed by atoms with E-state index in [1.807, 2.05) is 50.2 Å². The zero-order valence-corrected chi connectivity index (χ0v) is 20.8. The predicted octanol–water partition coefficient (Wildman–Crippen LogP) is 4.90. The third kappa shape index (κ3) is 5.14. The van der Waals surface area contributed by atoms with E-state index in [0.29, 0.717) is 60.3 Å².